The van der Waals surface area contributed by atoms with Crippen molar-refractivity contribution in [1.29, 1.82) is 0 Å². The van der Waals surface area contributed by atoms with Gasteiger partial charge in [0.1, 0.15) is 5.75 Å². The Balaban J connectivity index is 1.45. The van der Waals surface area contributed by atoms with Gasteiger partial charge in [0.05, 0.1) is 23.1 Å². The van der Waals surface area contributed by atoms with Crippen LogP contribution in [-0.4, -0.2) is 37.2 Å². The van der Waals surface area contributed by atoms with Gasteiger partial charge in [-0.2, -0.15) is 5.10 Å². The van der Waals surface area contributed by atoms with Gasteiger partial charge < -0.3 is 9.64 Å². The molecule has 0 unspecified atom stereocenters. The van der Waals surface area contributed by atoms with Crippen LogP contribution in [-0.2, 0) is 0 Å². The molecule has 1 fully saturated rings. The summed E-state index contributed by atoms with van der Waals surface area (Å²) in [5.74, 6) is 0.319. The number of nitro groups is 1. The van der Waals surface area contributed by atoms with Gasteiger partial charge >= 0.3 is 0 Å². The number of benzene rings is 2. The van der Waals surface area contributed by atoms with Crippen molar-refractivity contribution >= 4 is 44.9 Å². The Morgan fingerprint density at radius 3 is 2.74 bits per heavy atom. The standard InChI is InChI=1S/C22H22N4O4S/c1-30-19-13-17(25-9-3-2-4-10-25)6-5-15(19)14-23-24-22(27)21-12-16-11-18(26(28)29)7-8-20(16)31-21/h5-8,11-14H,2-4,9-10H2,1H3,(H,24,27)/b23-14-. The molecule has 3 aromatic rings. The number of hydrogen-bond acceptors (Lipinski definition) is 7. The normalized spacial score (nSPS) is 14.2. The molecule has 9 heteroatoms. The molecule has 0 atom stereocenters. The predicted molar refractivity (Wildman–Crippen MR) is 123 cm³/mol. The van der Waals surface area contributed by atoms with Crippen molar-refractivity contribution in [3.8, 4) is 5.75 Å². The summed E-state index contributed by atoms with van der Waals surface area (Å²) in [7, 11) is 1.61. The van der Waals surface area contributed by atoms with Crippen molar-refractivity contribution in [3.63, 3.8) is 0 Å². The highest BCUT2D eigenvalue weighted by molar-refractivity contribution is 7.20. The Kier molecular flexibility index (Phi) is 6.13. The number of nitro benzene ring substituents is 1. The first-order valence-electron chi connectivity index (χ1n) is 9.99. The third-order valence-corrected chi connectivity index (χ3v) is 6.36. The average Bonchev–Trinajstić information content (AvgIpc) is 3.23. The molecule has 0 aliphatic carbocycles. The van der Waals surface area contributed by atoms with Crippen molar-refractivity contribution in [2.24, 2.45) is 5.10 Å². The van der Waals surface area contributed by atoms with Crippen LogP contribution in [0.4, 0.5) is 11.4 Å². The lowest BCUT2D eigenvalue weighted by Gasteiger charge is -2.29. The van der Waals surface area contributed by atoms with Crippen molar-refractivity contribution in [3.05, 3.63) is 63.0 Å². The summed E-state index contributed by atoms with van der Waals surface area (Å²) in [4.78, 5) is 25.7. The summed E-state index contributed by atoms with van der Waals surface area (Å²) in [5.41, 5.74) is 4.39. The number of non-ortho nitro benzene ring substituents is 1. The summed E-state index contributed by atoms with van der Waals surface area (Å²) in [6.45, 7) is 2.09. The van der Waals surface area contributed by atoms with Gasteiger partial charge in [-0.05, 0) is 43.5 Å². The van der Waals surface area contributed by atoms with Crippen LogP contribution < -0.4 is 15.1 Å². The molecule has 0 saturated carbocycles. The predicted octanol–water partition coefficient (Wildman–Crippen LogP) is 4.57. The van der Waals surface area contributed by atoms with Crippen LogP contribution in [0.2, 0.25) is 0 Å². The molecule has 160 valence electrons. The zero-order valence-corrected chi connectivity index (χ0v) is 17.9. The molecule has 1 aliphatic heterocycles. The van der Waals surface area contributed by atoms with Crippen molar-refractivity contribution in [1.82, 2.24) is 5.43 Å². The van der Waals surface area contributed by atoms with Crippen molar-refractivity contribution in [2.75, 3.05) is 25.1 Å². The number of amides is 1. The molecule has 1 aliphatic rings. The van der Waals surface area contributed by atoms with Crippen LogP contribution in [0.5, 0.6) is 5.75 Å². The molecule has 0 bridgehead atoms. The SMILES string of the molecule is COc1cc(N2CCCCC2)ccc1/C=N\NC(=O)c1cc2cc([N+](=O)[O-])ccc2s1. The van der Waals surface area contributed by atoms with Crippen molar-refractivity contribution < 1.29 is 14.5 Å². The number of carbonyl (C=O) groups is 1. The number of fused-ring (bicyclic) bond motifs is 1. The highest BCUT2D eigenvalue weighted by Crippen LogP contribution is 2.29. The second kappa shape index (κ2) is 9.13. The van der Waals surface area contributed by atoms with E-state index in [1.165, 1.54) is 42.7 Å². The number of nitrogens with zero attached hydrogens (tertiary/aromatic N) is 3. The van der Waals surface area contributed by atoms with Crippen LogP contribution in [0, 0.1) is 10.1 Å². The Labute approximate surface area is 183 Å². The van der Waals surface area contributed by atoms with E-state index in [1.807, 2.05) is 18.2 Å². The lowest BCUT2D eigenvalue weighted by molar-refractivity contribution is -0.384. The quantitative estimate of drug-likeness (QED) is 0.345. The summed E-state index contributed by atoms with van der Waals surface area (Å²) < 4.78 is 6.31. The van der Waals surface area contributed by atoms with Gasteiger partial charge in [-0.3, -0.25) is 14.9 Å². The fourth-order valence-corrected chi connectivity index (χ4v) is 4.56. The number of rotatable bonds is 6. The third-order valence-electron chi connectivity index (χ3n) is 5.24. The first-order chi connectivity index (χ1) is 15.0. The number of nitrogens with one attached hydrogen (secondary N) is 1. The maximum absolute atomic E-state index is 12.5. The molecule has 1 amide bonds. The van der Waals surface area contributed by atoms with Gasteiger partial charge in [-0.1, -0.05) is 0 Å². The largest absolute Gasteiger partial charge is 0.496 e. The number of ether oxygens (including phenoxy) is 1. The van der Waals surface area contributed by atoms with E-state index in [0.717, 1.165) is 29.0 Å². The molecule has 0 radical (unpaired) electrons. The van der Waals surface area contributed by atoms with Crippen LogP contribution >= 0.6 is 11.3 Å². The summed E-state index contributed by atoms with van der Waals surface area (Å²) in [6.07, 6.45) is 5.22. The molecule has 1 aromatic heterocycles. The molecule has 4 rings (SSSR count). The number of anilines is 1. The van der Waals surface area contributed by atoms with E-state index >= 15 is 0 Å². The summed E-state index contributed by atoms with van der Waals surface area (Å²) in [5, 5.41) is 15.6. The third kappa shape index (κ3) is 4.66. The van der Waals surface area contributed by atoms with E-state index < -0.39 is 4.92 Å². The fourth-order valence-electron chi connectivity index (χ4n) is 3.63. The molecule has 2 aromatic carbocycles. The Morgan fingerprint density at radius 2 is 2.00 bits per heavy atom. The number of hydrazone groups is 1. The van der Waals surface area contributed by atoms with Crippen LogP contribution in [0.3, 0.4) is 0 Å². The number of piperidine rings is 1. The van der Waals surface area contributed by atoms with Crippen LogP contribution in [0.1, 0.15) is 34.5 Å². The Bertz CT molecular complexity index is 1150. The van der Waals surface area contributed by atoms with E-state index in [0.29, 0.717) is 16.0 Å². The van der Waals surface area contributed by atoms with Gasteiger partial charge in [-0.25, -0.2) is 5.43 Å². The van der Waals surface area contributed by atoms with Gasteiger partial charge in [0.25, 0.3) is 11.6 Å². The first kappa shape index (κ1) is 20.8. The van der Waals surface area contributed by atoms with E-state index in [1.54, 1.807) is 25.5 Å². The van der Waals surface area contributed by atoms with E-state index in [9.17, 15) is 14.9 Å². The minimum atomic E-state index is -0.453. The van der Waals surface area contributed by atoms with E-state index in [2.05, 4.69) is 15.4 Å². The zero-order chi connectivity index (χ0) is 21.8. The lowest BCUT2D eigenvalue weighted by Crippen LogP contribution is -2.29. The second-order valence-corrected chi connectivity index (χ2v) is 8.35. The minimum Gasteiger partial charge on any atom is -0.496 e. The van der Waals surface area contributed by atoms with Crippen LogP contribution in [0.15, 0.2) is 47.6 Å². The van der Waals surface area contributed by atoms with Gasteiger partial charge in [0.2, 0.25) is 0 Å². The Morgan fingerprint density at radius 1 is 1.19 bits per heavy atom. The molecule has 1 saturated heterocycles. The summed E-state index contributed by atoms with van der Waals surface area (Å²) in [6, 6.07) is 12.1. The molecular formula is C22H22N4O4S. The second-order valence-electron chi connectivity index (χ2n) is 7.26. The topological polar surface area (TPSA) is 97.1 Å². The molecular weight excluding hydrogens is 416 g/mol. The Hall–Kier alpha value is -3.46. The maximum atomic E-state index is 12.5. The van der Waals surface area contributed by atoms with Crippen LogP contribution in [0.25, 0.3) is 10.1 Å². The zero-order valence-electron chi connectivity index (χ0n) is 17.0. The minimum absolute atomic E-state index is 0.00428. The highest BCUT2D eigenvalue weighted by atomic mass is 32.1. The molecule has 0 spiro atoms. The first-order valence-corrected chi connectivity index (χ1v) is 10.8. The smallest absolute Gasteiger partial charge is 0.281 e. The molecule has 31 heavy (non-hydrogen) atoms. The number of hydrogen-bond donors (Lipinski definition) is 1. The number of methoxy groups -OCH3 is 1. The molecule has 2 heterocycles. The van der Waals surface area contributed by atoms with Gasteiger partial charge in [0.15, 0.2) is 0 Å². The highest BCUT2D eigenvalue weighted by Gasteiger charge is 2.14. The van der Waals surface area contributed by atoms with E-state index in [4.69, 9.17) is 4.74 Å². The molecule has 8 nitrogen and oxygen atoms in total. The van der Waals surface area contributed by atoms with Gasteiger partial charge in [0, 0.05) is 52.6 Å². The van der Waals surface area contributed by atoms with Crippen molar-refractivity contribution in [2.45, 2.75) is 19.3 Å². The monoisotopic (exact) mass is 438 g/mol. The van der Waals surface area contributed by atoms with E-state index in [-0.39, 0.29) is 11.6 Å². The number of carbonyl (C=O) groups excluding carboxylic acids is 1. The lowest BCUT2D eigenvalue weighted by atomic mass is 10.1. The van der Waals surface area contributed by atoms with Gasteiger partial charge in [-0.15, -0.1) is 11.3 Å². The number of thiophene rings is 1. The molecule has 1 N–H and O–H groups in total. The maximum Gasteiger partial charge on any atom is 0.281 e. The summed E-state index contributed by atoms with van der Waals surface area (Å²) >= 11 is 1.26. The average molecular weight is 439 g/mol. The fraction of sp³-hybridized carbons (Fsp3) is 0.273.